The number of aromatic nitrogens is 1. The third kappa shape index (κ3) is 2.20. The Labute approximate surface area is 102 Å². The molecule has 16 heavy (non-hydrogen) atoms. The van der Waals surface area contributed by atoms with Crippen LogP contribution in [0.5, 0.6) is 0 Å². The quantitative estimate of drug-likeness (QED) is 0.782. The van der Waals surface area contributed by atoms with E-state index in [-0.39, 0.29) is 5.56 Å². The molecule has 0 saturated heterocycles. The van der Waals surface area contributed by atoms with Crippen LogP contribution in [0.15, 0.2) is 28.8 Å². The highest BCUT2D eigenvalue weighted by Gasteiger charge is 2.14. The summed E-state index contributed by atoms with van der Waals surface area (Å²) in [5.41, 5.74) is 0.234. The van der Waals surface area contributed by atoms with Crippen LogP contribution in [0.4, 0.5) is 4.39 Å². The van der Waals surface area contributed by atoms with Crippen LogP contribution in [0.25, 0.3) is 11.3 Å². The third-order valence-corrected chi connectivity index (χ3v) is 2.58. The molecule has 0 fully saturated rings. The second-order valence-electron chi connectivity index (χ2n) is 3.15. The third-order valence-electron chi connectivity index (χ3n) is 2.07. The molecule has 0 unspecified atom stereocenters. The second-order valence-corrected chi connectivity index (χ2v) is 3.94. The molecule has 5 heteroatoms. The molecule has 1 heterocycles. The van der Waals surface area contributed by atoms with E-state index in [1.54, 1.807) is 6.07 Å². The first-order valence-corrected chi connectivity index (χ1v) is 5.58. The normalized spacial score (nSPS) is 10.7. The number of benzene rings is 1. The van der Waals surface area contributed by atoms with Gasteiger partial charge >= 0.3 is 0 Å². The molecular formula is C11H8Cl2FNO. The molecule has 0 aliphatic rings. The highest BCUT2D eigenvalue weighted by atomic mass is 35.5. The zero-order chi connectivity index (χ0) is 11.5. The van der Waals surface area contributed by atoms with E-state index in [2.05, 4.69) is 4.98 Å². The van der Waals surface area contributed by atoms with Gasteiger partial charge in [-0.15, -0.1) is 11.6 Å². The first-order valence-electron chi connectivity index (χ1n) is 4.67. The van der Waals surface area contributed by atoms with Gasteiger partial charge in [0.15, 0.2) is 11.7 Å². The smallest absolute Gasteiger partial charge is 0.196 e. The Morgan fingerprint density at radius 3 is 2.88 bits per heavy atom. The van der Waals surface area contributed by atoms with Crippen molar-refractivity contribution in [2.75, 3.05) is 5.88 Å². The molecule has 0 amide bonds. The molecule has 0 bridgehead atoms. The molecule has 0 radical (unpaired) electrons. The molecule has 1 aromatic carbocycles. The molecular weight excluding hydrogens is 252 g/mol. The Morgan fingerprint density at radius 2 is 2.19 bits per heavy atom. The number of halogens is 3. The fourth-order valence-corrected chi connectivity index (χ4v) is 1.77. The van der Waals surface area contributed by atoms with E-state index in [4.69, 9.17) is 27.6 Å². The van der Waals surface area contributed by atoms with Crippen LogP contribution in [-0.4, -0.2) is 10.9 Å². The van der Waals surface area contributed by atoms with E-state index in [1.807, 2.05) is 0 Å². The van der Waals surface area contributed by atoms with Gasteiger partial charge in [0, 0.05) is 12.3 Å². The van der Waals surface area contributed by atoms with Crippen LogP contribution in [-0.2, 0) is 6.42 Å². The minimum Gasteiger partial charge on any atom is -0.441 e. The number of aryl methyl sites for hydroxylation is 1. The summed E-state index contributed by atoms with van der Waals surface area (Å²) in [4.78, 5) is 3.99. The standard InChI is InChI=1S/C11H8Cl2FNO/c12-5-4-10-15-6-9(16-10)11-7(13)2-1-3-8(11)14/h1-3,6H,4-5H2. The number of hydrogen-bond acceptors (Lipinski definition) is 2. The lowest BCUT2D eigenvalue weighted by Crippen LogP contribution is -1.84. The zero-order valence-electron chi connectivity index (χ0n) is 8.21. The minimum absolute atomic E-state index is 0.234. The largest absolute Gasteiger partial charge is 0.441 e. The summed E-state index contributed by atoms with van der Waals surface area (Å²) in [5, 5.41) is 0.300. The van der Waals surface area contributed by atoms with E-state index in [0.29, 0.717) is 29.0 Å². The molecule has 2 aromatic rings. The lowest BCUT2D eigenvalue weighted by molar-refractivity contribution is 0.510. The summed E-state index contributed by atoms with van der Waals surface area (Å²) >= 11 is 11.5. The van der Waals surface area contributed by atoms with E-state index in [0.717, 1.165) is 0 Å². The van der Waals surface area contributed by atoms with Gasteiger partial charge in [-0.2, -0.15) is 0 Å². The summed E-state index contributed by atoms with van der Waals surface area (Å²) in [6.45, 7) is 0. The number of rotatable bonds is 3. The molecule has 0 aliphatic carbocycles. The Bertz CT molecular complexity index is 478. The average molecular weight is 260 g/mol. The number of nitrogens with zero attached hydrogens (tertiary/aromatic N) is 1. The van der Waals surface area contributed by atoms with Gasteiger partial charge in [0.25, 0.3) is 0 Å². The Morgan fingerprint density at radius 1 is 1.38 bits per heavy atom. The fourth-order valence-electron chi connectivity index (χ4n) is 1.36. The molecule has 0 atom stereocenters. The van der Waals surface area contributed by atoms with Crippen LogP contribution in [0, 0.1) is 5.82 Å². The number of alkyl halides is 1. The molecule has 0 N–H and O–H groups in total. The Kier molecular flexibility index (Phi) is 3.46. The minimum atomic E-state index is -0.430. The predicted molar refractivity (Wildman–Crippen MR) is 61.3 cm³/mol. The van der Waals surface area contributed by atoms with Crippen molar-refractivity contribution in [2.24, 2.45) is 0 Å². The number of hydrogen-bond donors (Lipinski definition) is 0. The van der Waals surface area contributed by atoms with Gasteiger partial charge in [-0.3, -0.25) is 0 Å². The van der Waals surface area contributed by atoms with Crippen molar-refractivity contribution in [3.05, 3.63) is 41.1 Å². The molecule has 0 aliphatic heterocycles. The van der Waals surface area contributed by atoms with Crippen LogP contribution in [0.2, 0.25) is 5.02 Å². The van der Waals surface area contributed by atoms with Crippen LogP contribution in [0.3, 0.4) is 0 Å². The number of oxazole rings is 1. The Hall–Kier alpha value is -1.06. The van der Waals surface area contributed by atoms with E-state index < -0.39 is 5.82 Å². The lowest BCUT2D eigenvalue weighted by Gasteiger charge is -2.00. The van der Waals surface area contributed by atoms with Gasteiger partial charge in [0.05, 0.1) is 16.8 Å². The highest BCUT2D eigenvalue weighted by molar-refractivity contribution is 6.33. The van der Waals surface area contributed by atoms with Gasteiger partial charge in [0.1, 0.15) is 5.82 Å². The maximum Gasteiger partial charge on any atom is 0.196 e. The molecule has 2 nitrogen and oxygen atoms in total. The fraction of sp³-hybridized carbons (Fsp3) is 0.182. The van der Waals surface area contributed by atoms with Crippen molar-refractivity contribution in [3.63, 3.8) is 0 Å². The van der Waals surface area contributed by atoms with Crippen molar-refractivity contribution >= 4 is 23.2 Å². The maximum atomic E-state index is 13.5. The van der Waals surface area contributed by atoms with Gasteiger partial charge < -0.3 is 4.42 Å². The van der Waals surface area contributed by atoms with Gasteiger partial charge in [-0.25, -0.2) is 9.37 Å². The summed E-state index contributed by atoms with van der Waals surface area (Å²) in [7, 11) is 0. The molecule has 84 valence electrons. The van der Waals surface area contributed by atoms with Crippen molar-refractivity contribution in [1.82, 2.24) is 4.98 Å². The van der Waals surface area contributed by atoms with Crippen molar-refractivity contribution in [3.8, 4) is 11.3 Å². The summed E-state index contributed by atoms with van der Waals surface area (Å²) in [6.07, 6.45) is 1.96. The van der Waals surface area contributed by atoms with Crippen LogP contribution >= 0.6 is 23.2 Å². The summed E-state index contributed by atoms with van der Waals surface area (Å²) < 4.78 is 18.9. The molecule has 0 spiro atoms. The summed E-state index contributed by atoms with van der Waals surface area (Å²) in [6, 6.07) is 4.46. The predicted octanol–water partition coefficient (Wildman–Crippen LogP) is 3.92. The van der Waals surface area contributed by atoms with Crippen LogP contribution < -0.4 is 0 Å². The monoisotopic (exact) mass is 259 g/mol. The van der Waals surface area contributed by atoms with Crippen molar-refractivity contribution in [1.29, 1.82) is 0 Å². The molecule has 2 rings (SSSR count). The molecule has 1 aromatic heterocycles. The summed E-state index contributed by atoms with van der Waals surface area (Å²) in [5.74, 6) is 0.777. The van der Waals surface area contributed by atoms with Gasteiger partial charge in [-0.1, -0.05) is 17.7 Å². The van der Waals surface area contributed by atoms with E-state index in [9.17, 15) is 4.39 Å². The second kappa shape index (κ2) is 4.85. The first kappa shape index (κ1) is 11.4. The van der Waals surface area contributed by atoms with Crippen LogP contribution in [0.1, 0.15) is 5.89 Å². The van der Waals surface area contributed by atoms with Gasteiger partial charge in [-0.05, 0) is 12.1 Å². The highest BCUT2D eigenvalue weighted by Crippen LogP contribution is 2.30. The SMILES string of the molecule is Fc1cccc(Cl)c1-c1cnc(CCCl)o1. The zero-order valence-corrected chi connectivity index (χ0v) is 9.72. The van der Waals surface area contributed by atoms with E-state index >= 15 is 0 Å². The Balaban J connectivity index is 2.42. The topological polar surface area (TPSA) is 26.0 Å². The van der Waals surface area contributed by atoms with Crippen molar-refractivity contribution in [2.45, 2.75) is 6.42 Å². The van der Waals surface area contributed by atoms with Gasteiger partial charge in [0.2, 0.25) is 0 Å². The average Bonchev–Trinajstić information content (AvgIpc) is 2.67. The first-order chi connectivity index (χ1) is 7.72. The molecule has 0 saturated carbocycles. The maximum absolute atomic E-state index is 13.5. The van der Waals surface area contributed by atoms with E-state index in [1.165, 1.54) is 18.3 Å². The lowest BCUT2D eigenvalue weighted by atomic mass is 10.2. The van der Waals surface area contributed by atoms with Crippen molar-refractivity contribution < 1.29 is 8.81 Å².